The molecule has 2 fully saturated rings. The molecule has 1 saturated carbocycles. The summed E-state index contributed by atoms with van der Waals surface area (Å²) in [5.74, 6) is 3.54. The minimum atomic E-state index is -0.150. The third kappa shape index (κ3) is 2.91. The molecule has 0 aromatic heterocycles. The molecule has 5 heteroatoms. The van der Waals surface area contributed by atoms with E-state index in [2.05, 4.69) is 51.2 Å². The number of halogens is 1. The van der Waals surface area contributed by atoms with Crippen molar-refractivity contribution >= 4 is 15.9 Å². The third-order valence-electron chi connectivity index (χ3n) is 8.28. The van der Waals surface area contributed by atoms with E-state index in [0.717, 1.165) is 52.6 Å². The predicted octanol–water partition coefficient (Wildman–Crippen LogP) is 5.54. The highest BCUT2D eigenvalue weighted by molar-refractivity contribution is 9.10. The van der Waals surface area contributed by atoms with Crippen molar-refractivity contribution in [3.8, 4) is 11.5 Å². The monoisotopic (exact) mass is 505 g/mol. The molecule has 4 nitrogen and oxygen atoms in total. The molecule has 170 valence electrons. The third-order valence-corrected chi connectivity index (χ3v) is 8.99. The van der Waals surface area contributed by atoms with Crippen LogP contribution in [0.2, 0.25) is 0 Å². The van der Waals surface area contributed by atoms with Crippen LogP contribution in [0.5, 0.6) is 11.5 Å². The van der Waals surface area contributed by atoms with Crippen molar-refractivity contribution < 1.29 is 14.2 Å². The summed E-state index contributed by atoms with van der Waals surface area (Å²) in [6, 6.07) is 12.9. The number of piperidine rings is 1. The van der Waals surface area contributed by atoms with Crippen molar-refractivity contribution in [1.82, 2.24) is 4.90 Å². The van der Waals surface area contributed by atoms with E-state index in [1.807, 2.05) is 18.2 Å². The molecule has 2 aromatic rings. The molecule has 0 radical (unpaired) electrons. The minimum Gasteiger partial charge on any atom is -0.497 e. The quantitative estimate of drug-likeness (QED) is 0.515. The zero-order chi connectivity index (χ0) is 22.2. The number of allylic oxidation sites excluding steroid dienone is 2. The summed E-state index contributed by atoms with van der Waals surface area (Å²) < 4.78 is 20.2. The van der Waals surface area contributed by atoms with E-state index in [-0.39, 0.29) is 11.5 Å². The summed E-state index contributed by atoms with van der Waals surface area (Å²) in [4.78, 5) is 2.74. The van der Waals surface area contributed by atoms with Crippen LogP contribution in [0.15, 0.2) is 64.4 Å². The van der Waals surface area contributed by atoms with Crippen LogP contribution in [-0.2, 0) is 23.2 Å². The first-order valence-corrected chi connectivity index (χ1v) is 12.9. The summed E-state index contributed by atoms with van der Waals surface area (Å²) in [5.41, 5.74) is 5.24. The van der Waals surface area contributed by atoms with Gasteiger partial charge in [0.1, 0.15) is 12.4 Å². The molecule has 2 heterocycles. The number of methoxy groups -OCH3 is 1. The fourth-order valence-electron chi connectivity index (χ4n) is 6.57. The number of nitrogens with zero attached hydrogens (tertiary/aromatic N) is 1. The number of ether oxygens (including phenoxy) is 3. The Balaban J connectivity index is 1.35. The zero-order valence-electron chi connectivity index (χ0n) is 18.9. The molecule has 1 unspecified atom stereocenters. The second kappa shape index (κ2) is 7.38. The lowest BCUT2D eigenvalue weighted by Gasteiger charge is -2.53. The van der Waals surface area contributed by atoms with E-state index in [9.17, 15) is 0 Å². The molecule has 3 aliphatic carbocycles. The maximum atomic E-state index is 6.79. The van der Waals surface area contributed by atoms with Crippen molar-refractivity contribution in [2.75, 3.05) is 20.2 Å². The summed E-state index contributed by atoms with van der Waals surface area (Å²) in [6.45, 7) is 2.86. The van der Waals surface area contributed by atoms with E-state index < -0.39 is 0 Å². The molecule has 2 aliphatic heterocycles. The SMILES string of the molecule is COC1=CC=C2[C@@H]3Cc4c(Br)cc(OCc5ccccc5)c5c4C2(CCN3CC2CC2)[C@@H]1O5. The molecule has 5 aliphatic rings. The number of benzene rings is 2. The molecule has 1 saturated heterocycles. The Morgan fingerprint density at radius 2 is 2.03 bits per heavy atom. The largest absolute Gasteiger partial charge is 0.497 e. The molecule has 0 N–H and O–H groups in total. The first kappa shape index (κ1) is 20.2. The summed E-state index contributed by atoms with van der Waals surface area (Å²) in [5, 5.41) is 0. The Kier molecular flexibility index (Phi) is 4.51. The lowest BCUT2D eigenvalue weighted by atomic mass is 9.57. The first-order chi connectivity index (χ1) is 16.2. The molecule has 1 spiro atoms. The molecule has 3 atom stereocenters. The summed E-state index contributed by atoms with van der Waals surface area (Å²) in [6.07, 6.45) is 9.22. The van der Waals surface area contributed by atoms with Crippen molar-refractivity contribution in [3.05, 3.63) is 81.0 Å². The summed E-state index contributed by atoms with van der Waals surface area (Å²) >= 11 is 3.93. The van der Waals surface area contributed by atoms with Crippen LogP contribution in [0.4, 0.5) is 0 Å². The number of likely N-dealkylation sites (tertiary alicyclic amines) is 1. The highest BCUT2D eigenvalue weighted by Gasteiger charge is 2.63. The van der Waals surface area contributed by atoms with Gasteiger partial charge in [0, 0.05) is 29.2 Å². The van der Waals surface area contributed by atoms with Gasteiger partial charge in [-0.05, 0) is 60.4 Å². The topological polar surface area (TPSA) is 30.9 Å². The average molecular weight is 506 g/mol. The molecule has 33 heavy (non-hydrogen) atoms. The van der Waals surface area contributed by atoms with Gasteiger partial charge in [-0.25, -0.2) is 0 Å². The number of hydrogen-bond donors (Lipinski definition) is 0. The highest BCUT2D eigenvalue weighted by Crippen LogP contribution is 2.64. The van der Waals surface area contributed by atoms with Crippen molar-refractivity contribution in [3.63, 3.8) is 0 Å². The Morgan fingerprint density at radius 1 is 1.18 bits per heavy atom. The molecule has 7 rings (SSSR count). The van der Waals surface area contributed by atoms with Crippen LogP contribution in [0, 0.1) is 5.92 Å². The van der Waals surface area contributed by atoms with Crippen molar-refractivity contribution in [1.29, 1.82) is 0 Å². The van der Waals surface area contributed by atoms with Gasteiger partial charge in [0.2, 0.25) is 0 Å². The van der Waals surface area contributed by atoms with Gasteiger partial charge in [-0.1, -0.05) is 52.3 Å². The van der Waals surface area contributed by atoms with E-state index in [1.165, 1.54) is 36.1 Å². The number of rotatable bonds is 6. The number of hydrogen-bond acceptors (Lipinski definition) is 4. The van der Waals surface area contributed by atoms with Gasteiger partial charge < -0.3 is 14.2 Å². The van der Waals surface area contributed by atoms with E-state index in [4.69, 9.17) is 14.2 Å². The van der Waals surface area contributed by atoms with Crippen LogP contribution in [0.3, 0.4) is 0 Å². The van der Waals surface area contributed by atoms with Gasteiger partial charge in [0.15, 0.2) is 17.6 Å². The Bertz CT molecular complexity index is 1190. The molecule has 0 amide bonds. The Morgan fingerprint density at radius 3 is 2.82 bits per heavy atom. The average Bonchev–Trinajstić information content (AvgIpc) is 3.59. The molecule has 2 aromatic carbocycles. The van der Waals surface area contributed by atoms with Crippen molar-refractivity contribution in [2.24, 2.45) is 5.92 Å². The van der Waals surface area contributed by atoms with Crippen LogP contribution in [0.1, 0.15) is 36.0 Å². The molecular formula is C28H28BrNO3. The highest BCUT2D eigenvalue weighted by atomic mass is 79.9. The normalized spacial score (nSPS) is 29.0. The van der Waals surface area contributed by atoms with Gasteiger partial charge in [0.05, 0.1) is 12.5 Å². The van der Waals surface area contributed by atoms with Gasteiger partial charge >= 0.3 is 0 Å². The molecule has 2 bridgehead atoms. The fraction of sp³-hybridized carbons (Fsp3) is 0.429. The van der Waals surface area contributed by atoms with Crippen LogP contribution in [-0.4, -0.2) is 37.2 Å². The fourth-order valence-corrected chi connectivity index (χ4v) is 7.14. The zero-order valence-corrected chi connectivity index (χ0v) is 20.4. The van der Waals surface area contributed by atoms with Crippen molar-refractivity contribution in [2.45, 2.75) is 49.9 Å². The second-order valence-corrected chi connectivity index (χ2v) is 10.9. The molecular weight excluding hydrogens is 478 g/mol. The standard InChI is InChI=1S/C28H28BrNO3/c1-31-23-10-9-20-22-13-19-21(29)14-24(32-16-18-5-3-2-4-6-18)26-25(19)28(20,27(23)33-26)11-12-30(22)15-17-7-8-17/h2-6,9-10,14,17,22,27H,7-8,11-13,15-16H2,1H3/t22-,27+,28?/m0/s1. The van der Waals surface area contributed by atoms with Gasteiger partial charge in [-0.15, -0.1) is 0 Å². The van der Waals surface area contributed by atoms with Gasteiger partial charge in [-0.3, -0.25) is 4.90 Å². The lowest BCUT2D eigenvalue weighted by Crippen LogP contribution is -2.59. The van der Waals surface area contributed by atoms with Crippen LogP contribution < -0.4 is 9.47 Å². The Labute approximate surface area is 203 Å². The van der Waals surface area contributed by atoms with E-state index in [1.54, 1.807) is 7.11 Å². The predicted molar refractivity (Wildman–Crippen MR) is 131 cm³/mol. The maximum Gasteiger partial charge on any atom is 0.169 e. The minimum absolute atomic E-state index is 0.115. The lowest BCUT2D eigenvalue weighted by molar-refractivity contribution is 0.0621. The smallest absolute Gasteiger partial charge is 0.169 e. The van der Waals surface area contributed by atoms with Crippen LogP contribution in [0.25, 0.3) is 0 Å². The van der Waals surface area contributed by atoms with Gasteiger partial charge in [0.25, 0.3) is 0 Å². The van der Waals surface area contributed by atoms with E-state index >= 15 is 0 Å². The van der Waals surface area contributed by atoms with E-state index in [0.29, 0.717) is 12.6 Å². The maximum absolute atomic E-state index is 6.79. The Hall–Kier alpha value is -2.24. The first-order valence-electron chi connectivity index (χ1n) is 12.1. The second-order valence-electron chi connectivity index (χ2n) is 10.1. The van der Waals surface area contributed by atoms with Gasteiger partial charge in [-0.2, -0.15) is 0 Å². The summed E-state index contributed by atoms with van der Waals surface area (Å²) in [7, 11) is 1.76. The van der Waals surface area contributed by atoms with Crippen LogP contribution >= 0.6 is 15.9 Å².